The van der Waals surface area contributed by atoms with Gasteiger partial charge >= 0.3 is 0 Å². The van der Waals surface area contributed by atoms with Crippen molar-refractivity contribution in [3.8, 4) is 11.4 Å². The molecule has 0 aliphatic carbocycles. The minimum absolute atomic E-state index is 0.151. The van der Waals surface area contributed by atoms with Crippen LogP contribution in [0.4, 0.5) is 0 Å². The first kappa shape index (κ1) is 18.1. The third-order valence-electron chi connectivity index (χ3n) is 4.53. The number of pyridine rings is 1. The van der Waals surface area contributed by atoms with Crippen molar-refractivity contribution in [2.24, 2.45) is 0 Å². The van der Waals surface area contributed by atoms with Crippen LogP contribution in [0.3, 0.4) is 0 Å². The Hall–Kier alpha value is -2.73. The summed E-state index contributed by atoms with van der Waals surface area (Å²) in [6.45, 7) is 7.96. The summed E-state index contributed by atoms with van der Waals surface area (Å²) in [6, 6.07) is 13.2. The lowest BCUT2D eigenvalue weighted by Crippen LogP contribution is -2.26. The quantitative estimate of drug-likeness (QED) is 0.774. The minimum atomic E-state index is -0.898. The van der Waals surface area contributed by atoms with Crippen molar-refractivity contribution in [2.45, 2.75) is 38.7 Å². The molecule has 2 aromatic heterocycles. The third-order valence-corrected chi connectivity index (χ3v) is 4.53. The lowest BCUT2D eigenvalue weighted by molar-refractivity contribution is 0.0113. The summed E-state index contributed by atoms with van der Waals surface area (Å²) in [5.74, 6) is 0.529. The molecule has 3 aromatic rings. The van der Waals surface area contributed by atoms with Crippen LogP contribution >= 0.6 is 0 Å². The average molecular weight is 353 g/mol. The Morgan fingerprint density at radius 1 is 1.04 bits per heavy atom. The summed E-state index contributed by atoms with van der Waals surface area (Å²) in [6.07, 6.45) is 0. The monoisotopic (exact) mass is 353 g/mol. The summed E-state index contributed by atoms with van der Waals surface area (Å²) in [4.78, 5) is 19.8. The molecule has 0 aliphatic heterocycles. The van der Waals surface area contributed by atoms with E-state index in [0.717, 1.165) is 11.3 Å². The van der Waals surface area contributed by atoms with Gasteiger partial charge in [0.25, 0.3) is 11.4 Å². The highest BCUT2D eigenvalue weighted by Gasteiger charge is 2.35. The smallest absolute Gasteiger partial charge is 0.263 e. The molecule has 0 radical (unpaired) electrons. The largest absolute Gasteiger partial charge is 0.364 e. The molecule has 136 valence electrons. The van der Waals surface area contributed by atoms with Crippen LogP contribution in [0.15, 0.2) is 51.8 Å². The van der Waals surface area contributed by atoms with Gasteiger partial charge in [-0.05, 0) is 24.6 Å². The van der Waals surface area contributed by atoms with E-state index in [-0.39, 0.29) is 16.8 Å². The van der Waals surface area contributed by atoms with Gasteiger partial charge in [-0.3, -0.25) is 4.79 Å². The summed E-state index contributed by atoms with van der Waals surface area (Å²) in [5.41, 5.74) is 0.797. The highest BCUT2D eigenvalue weighted by molar-refractivity contribution is 5.53. The Labute approximate surface area is 152 Å². The average Bonchev–Trinajstić information content (AvgIpc) is 3.11. The lowest BCUT2D eigenvalue weighted by Gasteiger charge is -2.24. The van der Waals surface area contributed by atoms with Gasteiger partial charge in [0.2, 0.25) is 5.82 Å². The standard InChI is InChI=1S/C20H23N3O3/c1-19(2,3)15-12-11-14(17(24)21-15)16-22-18(26-23-16)20(4,25-5)13-9-7-6-8-10-13/h6-12H,1-5H3,(H,21,24). The molecule has 6 nitrogen and oxygen atoms in total. The van der Waals surface area contributed by atoms with Gasteiger partial charge in [-0.25, -0.2) is 0 Å². The maximum absolute atomic E-state index is 12.5. The number of methoxy groups -OCH3 is 1. The summed E-state index contributed by atoms with van der Waals surface area (Å²) >= 11 is 0. The molecule has 26 heavy (non-hydrogen) atoms. The number of hydrogen-bond acceptors (Lipinski definition) is 5. The maximum atomic E-state index is 12.5. The summed E-state index contributed by atoms with van der Waals surface area (Å²) in [7, 11) is 1.59. The van der Waals surface area contributed by atoms with E-state index in [2.05, 4.69) is 15.1 Å². The number of aromatic nitrogens is 3. The van der Waals surface area contributed by atoms with Crippen molar-refractivity contribution in [3.05, 3.63) is 70.0 Å². The second-order valence-corrected chi connectivity index (χ2v) is 7.39. The fourth-order valence-electron chi connectivity index (χ4n) is 2.70. The number of aromatic amines is 1. The van der Waals surface area contributed by atoms with Crippen LogP contribution in [0.1, 0.15) is 44.8 Å². The predicted octanol–water partition coefficient (Wildman–Crippen LogP) is 3.63. The number of rotatable bonds is 4. The molecular weight excluding hydrogens is 330 g/mol. The van der Waals surface area contributed by atoms with Gasteiger partial charge in [0.15, 0.2) is 5.60 Å². The fourth-order valence-corrected chi connectivity index (χ4v) is 2.70. The molecule has 0 aliphatic rings. The molecule has 1 atom stereocenters. The van der Waals surface area contributed by atoms with Crippen molar-refractivity contribution in [1.82, 2.24) is 15.1 Å². The van der Waals surface area contributed by atoms with E-state index in [1.165, 1.54) is 0 Å². The number of nitrogens with zero attached hydrogens (tertiary/aromatic N) is 2. The van der Waals surface area contributed by atoms with Crippen LogP contribution < -0.4 is 5.56 Å². The van der Waals surface area contributed by atoms with Gasteiger partial charge in [0.05, 0.1) is 5.56 Å². The number of ether oxygens (including phenoxy) is 1. The Morgan fingerprint density at radius 3 is 2.31 bits per heavy atom. The van der Waals surface area contributed by atoms with Gasteiger partial charge in [0.1, 0.15) is 0 Å². The summed E-state index contributed by atoms with van der Waals surface area (Å²) < 4.78 is 11.1. The zero-order valence-corrected chi connectivity index (χ0v) is 15.7. The molecule has 0 amide bonds. The molecule has 1 unspecified atom stereocenters. The molecule has 6 heteroatoms. The molecule has 0 spiro atoms. The Morgan fingerprint density at radius 2 is 1.73 bits per heavy atom. The predicted molar refractivity (Wildman–Crippen MR) is 99.0 cm³/mol. The van der Waals surface area contributed by atoms with Crippen molar-refractivity contribution in [2.75, 3.05) is 7.11 Å². The molecule has 3 rings (SSSR count). The van der Waals surface area contributed by atoms with Gasteiger partial charge in [0, 0.05) is 18.2 Å². The second-order valence-electron chi connectivity index (χ2n) is 7.39. The number of hydrogen-bond donors (Lipinski definition) is 1. The molecule has 1 N–H and O–H groups in total. The highest BCUT2D eigenvalue weighted by atomic mass is 16.5. The van der Waals surface area contributed by atoms with E-state index in [0.29, 0.717) is 11.5 Å². The molecule has 0 fully saturated rings. The van der Waals surface area contributed by atoms with Crippen molar-refractivity contribution in [3.63, 3.8) is 0 Å². The first-order chi connectivity index (χ1) is 12.3. The molecule has 1 aromatic carbocycles. The highest BCUT2D eigenvalue weighted by Crippen LogP contribution is 2.32. The first-order valence-electron chi connectivity index (χ1n) is 8.45. The molecular formula is C20H23N3O3. The number of nitrogens with one attached hydrogen (secondary N) is 1. The third kappa shape index (κ3) is 3.20. The zero-order valence-electron chi connectivity index (χ0n) is 15.7. The van der Waals surface area contributed by atoms with Gasteiger partial charge in [-0.1, -0.05) is 56.3 Å². The fraction of sp³-hybridized carbons (Fsp3) is 0.350. The van der Waals surface area contributed by atoms with E-state index < -0.39 is 5.60 Å². The summed E-state index contributed by atoms with van der Waals surface area (Å²) in [5, 5.41) is 3.99. The van der Waals surface area contributed by atoms with Crippen molar-refractivity contribution >= 4 is 0 Å². The normalized spacial score (nSPS) is 14.2. The molecule has 0 saturated carbocycles. The Balaban J connectivity index is 2.02. The van der Waals surface area contributed by atoms with E-state index in [1.807, 2.05) is 64.1 Å². The van der Waals surface area contributed by atoms with Gasteiger partial charge in [-0.15, -0.1) is 0 Å². The van der Waals surface area contributed by atoms with Crippen LogP contribution in [0.2, 0.25) is 0 Å². The van der Waals surface area contributed by atoms with Crippen LogP contribution in [0, 0.1) is 0 Å². The van der Waals surface area contributed by atoms with E-state index in [1.54, 1.807) is 13.2 Å². The number of benzene rings is 1. The SMILES string of the molecule is COC(C)(c1ccccc1)c1nc(-c2ccc(C(C)(C)C)[nH]c2=O)no1. The van der Waals surface area contributed by atoms with Crippen molar-refractivity contribution in [1.29, 1.82) is 0 Å². The van der Waals surface area contributed by atoms with Crippen LogP contribution in [0.5, 0.6) is 0 Å². The second kappa shape index (κ2) is 6.53. The molecule has 0 saturated heterocycles. The van der Waals surface area contributed by atoms with Crippen molar-refractivity contribution < 1.29 is 9.26 Å². The zero-order chi connectivity index (χ0) is 18.9. The lowest BCUT2D eigenvalue weighted by atomic mass is 9.91. The topological polar surface area (TPSA) is 81.0 Å². The van der Waals surface area contributed by atoms with Crippen LogP contribution in [0.25, 0.3) is 11.4 Å². The molecule has 0 bridgehead atoms. The molecule has 2 heterocycles. The van der Waals surface area contributed by atoms with E-state index in [4.69, 9.17) is 9.26 Å². The van der Waals surface area contributed by atoms with Crippen LogP contribution in [-0.4, -0.2) is 22.2 Å². The van der Waals surface area contributed by atoms with Gasteiger partial charge < -0.3 is 14.2 Å². The first-order valence-corrected chi connectivity index (χ1v) is 8.45. The Bertz CT molecular complexity index is 954. The number of H-pyrrole nitrogens is 1. The van der Waals surface area contributed by atoms with Gasteiger partial charge in [-0.2, -0.15) is 4.98 Å². The maximum Gasteiger partial charge on any atom is 0.263 e. The van der Waals surface area contributed by atoms with Crippen LogP contribution in [-0.2, 0) is 15.8 Å². The van der Waals surface area contributed by atoms with E-state index >= 15 is 0 Å². The van der Waals surface area contributed by atoms with E-state index in [9.17, 15) is 4.79 Å². The Kier molecular flexibility index (Phi) is 4.54. The minimum Gasteiger partial charge on any atom is -0.364 e.